The Morgan fingerprint density at radius 1 is 1.06 bits per heavy atom. The average Bonchev–Trinajstić information content (AvgIpc) is 3.23. The number of aromatic nitrogens is 2. The van der Waals surface area contributed by atoms with Crippen LogP contribution in [-0.2, 0) is 4.79 Å². The summed E-state index contributed by atoms with van der Waals surface area (Å²) in [6.07, 6.45) is 4.01. The van der Waals surface area contributed by atoms with Crippen molar-refractivity contribution in [2.24, 2.45) is 0 Å². The van der Waals surface area contributed by atoms with Gasteiger partial charge in [0.15, 0.2) is 0 Å². The number of hydrogen-bond acceptors (Lipinski definition) is 4. The zero-order chi connectivity index (χ0) is 23.8. The van der Waals surface area contributed by atoms with Crippen LogP contribution in [0, 0.1) is 0 Å². The standard InChI is InChI=1S/C26H26BrClN4O2/c27-20-17-31-26-23(16-22(32-25(20)26)19-10-4-5-11-21(19)28)29-13-6-7-14-30-24(33)12-15-34-18-8-2-1-3-9-18/h1-5,8-11,16-17,31H,6-7,12-15H2,(H,29,32)(H,30,33). The molecule has 34 heavy (non-hydrogen) atoms. The van der Waals surface area contributed by atoms with Crippen molar-refractivity contribution in [3.8, 4) is 17.0 Å². The lowest BCUT2D eigenvalue weighted by Crippen LogP contribution is -2.26. The molecule has 0 spiro atoms. The van der Waals surface area contributed by atoms with Gasteiger partial charge in [-0.05, 0) is 53.0 Å². The normalized spacial score (nSPS) is 10.9. The van der Waals surface area contributed by atoms with Crippen LogP contribution in [0.15, 0.2) is 71.3 Å². The minimum atomic E-state index is 0.000324. The van der Waals surface area contributed by atoms with E-state index in [9.17, 15) is 4.79 Å². The number of carbonyl (C=O) groups is 1. The van der Waals surface area contributed by atoms with Crippen LogP contribution in [0.5, 0.6) is 5.75 Å². The highest BCUT2D eigenvalue weighted by molar-refractivity contribution is 9.10. The van der Waals surface area contributed by atoms with E-state index < -0.39 is 0 Å². The van der Waals surface area contributed by atoms with Crippen LogP contribution in [-0.4, -0.2) is 35.6 Å². The van der Waals surface area contributed by atoms with Gasteiger partial charge < -0.3 is 20.4 Å². The number of rotatable bonds is 11. The third-order valence-corrected chi connectivity index (χ3v) is 6.26. The summed E-state index contributed by atoms with van der Waals surface area (Å²) in [5.41, 5.74) is 4.46. The number of ether oxygens (including phenoxy) is 1. The molecule has 0 aliphatic rings. The number of H-pyrrole nitrogens is 1. The quantitative estimate of drug-likeness (QED) is 0.191. The number of amides is 1. The van der Waals surface area contributed by atoms with Crippen molar-refractivity contribution in [2.45, 2.75) is 19.3 Å². The predicted molar refractivity (Wildman–Crippen MR) is 142 cm³/mol. The van der Waals surface area contributed by atoms with E-state index in [1.165, 1.54) is 0 Å². The van der Waals surface area contributed by atoms with Crippen LogP contribution in [0.2, 0.25) is 5.02 Å². The van der Waals surface area contributed by atoms with E-state index in [1.54, 1.807) is 0 Å². The molecule has 0 radical (unpaired) electrons. The fraction of sp³-hybridized carbons (Fsp3) is 0.231. The Morgan fingerprint density at radius 3 is 2.65 bits per heavy atom. The van der Waals surface area contributed by atoms with Gasteiger partial charge in [-0.25, -0.2) is 4.98 Å². The highest BCUT2D eigenvalue weighted by Crippen LogP contribution is 2.34. The van der Waals surface area contributed by atoms with Crippen LogP contribution >= 0.6 is 27.5 Å². The summed E-state index contributed by atoms with van der Waals surface area (Å²) in [6, 6.07) is 19.2. The summed E-state index contributed by atoms with van der Waals surface area (Å²) in [6.45, 7) is 1.77. The second kappa shape index (κ2) is 11.9. The largest absolute Gasteiger partial charge is 0.493 e. The second-order valence-electron chi connectivity index (χ2n) is 7.79. The van der Waals surface area contributed by atoms with E-state index in [-0.39, 0.29) is 5.91 Å². The molecule has 2 heterocycles. The Bertz CT molecular complexity index is 1250. The number of nitrogens with zero attached hydrogens (tertiary/aromatic N) is 1. The number of carbonyl (C=O) groups excluding carboxylic acids is 1. The van der Waals surface area contributed by atoms with Crippen LogP contribution in [0.3, 0.4) is 0 Å². The molecule has 8 heteroatoms. The fourth-order valence-electron chi connectivity index (χ4n) is 3.58. The summed E-state index contributed by atoms with van der Waals surface area (Å²) in [4.78, 5) is 20.1. The Balaban J connectivity index is 1.24. The van der Waals surface area contributed by atoms with E-state index >= 15 is 0 Å². The van der Waals surface area contributed by atoms with Gasteiger partial charge in [-0.3, -0.25) is 4.79 Å². The Hall–Kier alpha value is -3.03. The van der Waals surface area contributed by atoms with E-state index in [2.05, 4.69) is 31.5 Å². The molecule has 0 aliphatic heterocycles. The number of unbranched alkanes of at least 4 members (excludes halogenated alkanes) is 1. The highest BCUT2D eigenvalue weighted by atomic mass is 79.9. The number of hydrogen-bond donors (Lipinski definition) is 3. The van der Waals surface area contributed by atoms with Crippen molar-refractivity contribution >= 4 is 50.2 Å². The monoisotopic (exact) mass is 540 g/mol. The number of nitrogens with one attached hydrogen (secondary N) is 3. The van der Waals surface area contributed by atoms with Gasteiger partial charge in [0.05, 0.1) is 34.4 Å². The highest BCUT2D eigenvalue weighted by Gasteiger charge is 2.13. The predicted octanol–water partition coefficient (Wildman–Crippen LogP) is 6.42. The van der Waals surface area contributed by atoms with Gasteiger partial charge in [0.1, 0.15) is 11.3 Å². The molecular weight excluding hydrogens is 516 g/mol. The van der Waals surface area contributed by atoms with Crippen LogP contribution in [0.1, 0.15) is 19.3 Å². The topological polar surface area (TPSA) is 79.0 Å². The molecule has 4 aromatic rings. The lowest BCUT2D eigenvalue weighted by Gasteiger charge is -2.11. The van der Waals surface area contributed by atoms with E-state index in [0.29, 0.717) is 24.6 Å². The molecular formula is C26H26BrClN4O2. The maximum absolute atomic E-state index is 12.0. The zero-order valence-electron chi connectivity index (χ0n) is 18.6. The summed E-state index contributed by atoms with van der Waals surface area (Å²) in [7, 11) is 0. The molecule has 2 aromatic heterocycles. The number of anilines is 1. The molecule has 0 aliphatic carbocycles. The van der Waals surface area contributed by atoms with E-state index in [4.69, 9.17) is 21.3 Å². The maximum atomic E-state index is 12.0. The summed E-state index contributed by atoms with van der Waals surface area (Å²) in [5.74, 6) is 0.777. The van der Waals surface area contributed by atoms with Gasteiger partial charge in [-0.1, -0.05) is 48.0 Å². The summed E-state index contributed by atoms with van der Waals surface area (Å²) >= 11 is 9.97. The molecule has 0 atom stereocenters. The van der Waals surface area contributed by atoms with E-state index in [1.807, 2.05) is 66.9 Å². The van der Waals surface area contributed by atoms with Crippen molar-refractivity contribution < 1.29 is 9.53 Å². The number of halogens is 2. The van der Waals surface area contributed by atoms with Crippen molar-refractivity contribution in [1.29, 1.82) is 0 Å². The minimum Gasteiger partial charge on any atom is -0.493 e. The Kier molecular flexibility index (Phi) is 8.44. The third kappa shape index (κ3) is 6.30. The van der Waals surface area contributed by atoms with E-state index in [0.717, 1.165) is 57.6 Å². The smallest absolute Gasteiger partial charge is 0.223 e. The maximum Gasteiger partial charge on any atom is 0.223 e. The SMILES string of the molecule is O=C(CCOc1ccccc1)NCCCCNc1cc(-c2ccccc2Cl)nc2c(Br)c[nH]c12. The minimum absolute atomic E-state index is 0.000324. The first-order valence-corrected chi connectivity index (χ1v) is 12.4. The van der Waals surface area contributed by atoms with Gasteiger partial charge >= 0.3 is 0 Å². The van der Waals surface area contributed by atoms with Gasteiger partial charge in [0, 0.05) is 29.9 Å². The number of aromatic amines is 1. The molecule has 6 nitrogen and oxygen atoms in total. The molecule has 1 amide bonds. The first-order chi connectivity index (χ1) is 16.6. The molecule has 4 rings (SSSR count). The Morgan fingerprint density at radius 2 is 1.82 bits per heavy atom. The van der Waals surface area contributed by atoms with Crippen molar-refractivity contribution in [3.05, 3.63) is 76.4 Å². The molecule has 0 saturated carbocycles. The molecule has 0 bridgehead atoms. The third-order valence-electron chi connectivity index (χ3n) is 5.32. The van der Waals surface area contributed by atoms with Crippen molar-refractivity contribution in [2.75, 3.05) is 25.0 Å². The molecule has 2 aromatic carbocycles. The van der Waals surface area contributed by atoms with Crippen molar-refractivity contribution in [1.82, 2.24) is 15.3 Å². The average molecular weight is 542 g/mol. The summed E-state index contributed by atoms with van der Waals surface area (Å²) in [5, 5.41) is 7.12. The van der Waals surface area contributed by atoms with Gasteiger partial charge in [0.2, 0.25) is 5.91 Å². The second-order valence-corrected chi connectivity index (χ2v) is 9.05. The van der Waals surface area contributed by atoms with Crippen LogP contribution < -0.4 is 15.4 Å². The van der Waals surface area contributed by atoms with Gasteiger partial charge in [-0.15, -0.1) is 0 Å². The first kappa shape index (κ1) is 24.1. The molecule has 0 unspecified atom stereocenters. The molecule has 3 N–H and O–H groups in total. The van der Waals surface area contributed by atoms with Crippen molar-refractivity contribution in [3.63, 3.8) is 0 Å². The number of para-hydroxylation sites is 1. The lowest BCUT2D eigenvalue weighted by molar-refractivity contribution is -0.121. The van der Waals surface area contributed by atoms with Gasteiger partial charge in [-0.2, -0.15) is 0 Å². The number of pyridine rings is 1. The summed E-state index contributed by atoms with van der Waals surface area (Å²) < 4.78 is 6.47. The number of fused-ring (bicyclic) bond motifs is 1. The van der Waals surface area contributed by atoms with Gasteiger partial charge in [0.25, 0.3) is 0 Å². The molecule has 176 valence electrons. The van der Waals surface area contributed by atoms with Crippen LogP contribution in [0.25, 0.3) is 22.3 Å². The van der Waals surface area contributed by atoms with Crippen LogP contribution in [0.4, 0.5) is 5.69 Å². The molecule has 0 fully saturated rings. The Labute approximate surface area is 212 Å². The molecule has 0 saturated heterocycles. The fourth-order valence-corrected chi connectivity index (χ4v) is 4.22. The number of benzene rings is 2. The zero-order valence-corrected chi connectivity index (χ0v) is 21.0. The first-order valence-electron chi connectivity index (χ1n) is 11.2. The lowest BCUT2D eigenvalue weighted by atomic mass is 10.1.